The summed E-state index contributed by atoms with van der Waals surface area (Å²) >= 11 is 0. The lowest BCUT2D eigenvalue weighted by molar-refractivity contribution is 0.101. The van der Waals surface area contributed by atoms with Crippen LogP contribution in [0.5, 0.6) is 11.5 Å². The molecule has 0 bridgehead atoms. The third kappa shape index (κ3) is 5.27. The molecule has 0 aliphatic heterocycles. The van der Waals surface area contributed by atoms with Crippen molar-refractivity contribution >= 4 is 23.2 Å². The molecule has 0 spiro atoms. The number of hydrogen-bond donors (Lipinski definition) is 2. The van der Waals surface area contributed by atoms with E-state index in [9.17, 15) is 23.6 Å². The third-order valence-corrected chi connectivity index (χ3v) is 5.52. The van der Waals surface area contributed by atoms with Crippen molar-refractivity contribution < 1.29 is 27.8 Å². The van der Waals surface area contributed by atoms with Crippen LogP contribution in [-0.4, -0.2) is 31.0 Å². The number of methoxy groups -OCH3 is 2. The zero-order chi connectivity index (χ0) is 27.2. The standard InChI is InChI=1S/C28H20F2N4O4/c1-37-23-11-6-12-24(38-2)26(23)34-28(36)22-10-5-9-21(32-22)27(35)33-25-19(29)13-17(14-20(25)30)18-8-4-3-7-16(18)15-31/h3-14H,1-2H3,(H,33,35)(H,34,36). The number of nitrogens with one attached hydrogen (secondary N) is 2. The second-order valence-electron chi connectivity index (χ2n) is 7.83. The number of halogens is 2. The summed E-state index contributed by atoms with van der Waals surface area (Å²) in [6, 6.07) is 19.4. The van der Waals surface area contributed by atoms with Crippen molar-refractivity contribution in [3.8, 4) is 28.7 Å². The lowest BCUT2D eigenvalue weighted by Gasteiger charge is -2.14. The van der Waals surface area contributed by atoms with Crippen LogP contribution < -0.4 is 20.1 Å². The topological polar surface area (TPSA) is 113 Å². The van der Waals surface area contributed by atoms with E-state index in [4.69, 9.17) is 9.47 Å². The largest absolute Gasteiger partial charge is 0.494 e. The molecule has 2 amide bonds. The fraction of sp³-hybridized carbons (Fsp3) is 0.0714. The van der Waals surface area contributed by atoms with Crippen molar-refractivity contribution in [3.63, 3.8) is 0 Å². The summed E-state index contributed by atoms with van der Waals surface area (Å²) in [6.07, 6.45) is 0. The fourth-order valence-electron chi connectivity index (χ4n) is 3.70. The Morgan fingerprint density at radius 2 is 1.32 bits per heavy atom. The van der Waals surface area contributed by atoms with E-state index in [1.807, 2.05) is 6.07 Å². The highest BCUT2D eigenvalue weighted by Gasteiger charge is 2.20. The number of rotatable bonds is 7. The predicted octanol–water partition coefficient (Wildman–Crippen LogP) is 5.42. The average Bonchev–Trinajstić information content (AvgIpc) is 2.94. The maximum absolute atomic E-state index is 14.9. The van der Waals surface area contributed by atoms with Gasteiger partial charge in [-0.3, -0.25) is 9.59 Å². The molecule has 0 fully saturated rings. The highest BCUT2D eigenvalue weighted by molar-refractivity contribution is 6.07. The van der Waals surface area contributed by atoms with E-state index >= 15 is 0 Å². The van der Waals surface area contributed by atoms with Crippen LogP contribution in [0.25, 0.3) is 11.1 Å². The summed E-state index contributed by atoms with van der Waals surface area (Å²) in [4.78, 5) is 29.7. The Bertz CT molecular complexity index is 1540. The predicted molar refractivity (Wildman–Crippen MR) is 136 cm³/mol. The van der Waals surface area contributed by atoms with Crippen LogP contribution in [0.4, 0.5) is 20.2 Å². The van der Waals surface area contributed by atoms with Gasteiger partial charge in [0, 0.05) is 0 Å². The second-order valence-corrected chi connectivity index (χ2v) is 7.83. The Hall–Kier alpha value is -5.30. The van der Waals surface area contributed by atoms with Gasteiger partial charge >= 0.3 is 0 Å². The van der Waals surface area contributed by atoms with Gasteiger partial charge in [-0.25, -0.2) is 13.8 Å². The smallest absolute Gasteiger partial charge is 0.274 e. The van der Waals surface area contributed by atoms with E-state index in [2.05, 4.69) is 15.6 Å². The number of para-hydroxylation sites is 1. The number of anilines is 2. The number of carbonyl (C=O) groups excluding carboxylic acids is 2. The molecule has 0 saturated heterocycles. The monoisotopic (exact) mass is 514 g/mol. The summed E-state index contributed by atoms with van der Waals surface area (Å²) in [7, 11) is 2.86. The highest BCUT2D eigenvalue weighted by Crippen LogP contribution is 2.34. The quantitative estimate of drug-likeness (QED) is 0.341. The molecular weight excluding hydrogens is 494 g/mol. The number of pyridine rings is 1. The Labute approximate surface area is 216 Å². The molecule has 4 aromatic rings. The molecule has 0 radical (unpaired) electrons. The first-order valence-corrected chi connectivity index (χ1v) is 11.2. The Kier molecular flexibility index (Phi) is 7.58. The summed E-state index contributed by atoms with van der Waals surface area (Å²) in [5, 5.41) is 14.1. The maximum atomic E-state index is 14.9. The van der Waals surface area contributed by atoms with E-state index in [1.54, 1.807) is 36.4 Å². The van der Waals surface area contributed by atoms with E-state index < -0.39 is 29.1 Å². The molecule has 190 valence electrons. The number of amides is 2. The van der Waals surface area contributed by atoms with E-state index in [1.165, 1.54) is 38.5 Å². The van der Waals surface area contributed by atoms with E-state index in [0.29, 0.717) is 17.1 Å². The summed E-state index contributed by atoms with van der Waals surface area (Å²) < 4.78 is 40.2. The lowest BCUT2D eigenvalue weighted by atomic mass is 9.99. The third-order valence-electron chi connectivity index (χ3n) is 5.52. The highest BCUT2D eigenvalue weighted by atomic mass is 19.1. The summed E-state index contributed by atoms with van der Waals surface area (Å²) in [5.74, 6) is -2.99. The first-order chi connectivity index (χ1) is 18.4. The summed E-state index contributed by atoms with van der Waals surface area (Å²) in [6.45, 7) is 0. The van der Waals surface area contributed by atoms with Crippen LogP contribution in [0.3, 0.4) is 0 Å². The maximum Gasteiger partial charge on any atom is 0.274 e. The number of ether oxygens (including phenoxy) is 2. The number of hydrogen-bond acceptors (Lipinski definition) is 6. The Morgan fingerprint density at radius 3 is 1.87 bits per heavy atom. The molecule has 0 unspecified atom stereocenters. The molecule has 10 heteroatoms. The van der Waals surface area contributed by atoms with Gasteiger partial charge in [0.15, 0.2) is 0 Å². The fourth-order valence-corrected chi connectivity index (χ4v) is 3.70. The van der Waals surface area contributed by atoms with Gasteiger partial charge in [0.25, 0.3) is 11.8 Å². The Balaban J connectivity index is 1.57. The zero-order valence-electron chi connectivity index (χ0n) is 20.2. The second kappa shape index (κ2) is 11.2. The van der Waals surface area contributed by atoms with Crippen molar-refractivity contribution in [2.45, 2.75) is 0 Å². The molecular formula is C28H20F2N4O4. The number of carbonyl (C=O) groups is 2. The van der Waals surface area contributed by atoms with Gasteiger partial charge in [-0.15, -0.1) is 0 Å². The van der Waals surface area contributed by atoms with Crippen molar-refractivity contribution in [3.05, 3.63) is 101 Å². The molecule has 0 atom stereocenters. The van der Waals surface area contributed by atoms with E-state index in [-0.39, 0.29) is 28.2 Å². The van der Waals surface area contributed by atoms with Gasteiger partial charge in [0.1, 0.15) is 45.9 Å². The van der Waals surface area contributed by atoms with Crippen molar-refractivity contribution in [2.75, 3.05) is 24.9 Å². The molecule has 0 aliphatic rings. The number of nitriles is 1. The van der Waals surface area contributed by atoms with Gasteiger partial charge in [0.05, 0.1) is 25.9 Å². The number of nitrogens with zero attached hydrogens (tertiary/aromatic N) is 2. The zero-order valence-corrected chi connectivity index (χ0v) is 20.2. The van der Waals surface area contributed by atoms with Gasteiger partial charge < -0.3 is 20.1 Å². The van der Waals surface area contributed by atoms with Crippen LogP contribution in [-0.2, 0) is 0 Å². The normalized spacial score (nSPS) is 10.3. The minimum absolute atomic E-state index is 0.130. The molecule has 8 nitrogen and oxygen atoms in total. The minimum atomic E-state index is -1.04. The number of benzene rings is 3. The molecule has 38 heavy (non-hydrogen) atoms. The summed E-state index contributed by atoms with van der Waals surface area (Å²) in [5.41, 5.74) is -0.0770. The van der Waals surface area contributed by atoms with Gasteiger partial charge in [-0.05, 0) is 53.6 Å². The van der Waals surface area contributed by atoms with Gasteiger partial charge in [-0.1, -0.05) is 30.3 Å². The van der Waals surface area contributed by atoms with Crippen molar-refractivity contribution in [2.24, 2.45) is 0 Å². The first kappa shape index (κ1) is 25.8. The van der Waals surface area contributed by atoms with Crippen LogP contribution >= 0.6 is 0 Å². The molecule has 2 N–H and O–H groups in total. The van der Waals surface area contributed by atoms with Crippen LogP contribution in [0.1, 0.15) is 26.5 Å². The van der Waals surface area contributed by atoms with Crippen molar-refractivity contribution in [1.29, 1.82) is 5.26 Å². The lowest BCUT2D eigenvalue weighted by Crippen LogP contribution is -2.20. The SMILES string of the molecule is COc1cccc(OC)c1NC(=O)c1cccc(C(=O)Nc2c(F)cc(-c3ccccc3C#N)cc2F)n1. The molecule has 0 aliphatic carbocycles. The average molecular weight is 514 g/mol. The molecule has 1 aromatic heterocycles. The van der Waals surface area contributed by atoms with Crippen LogP contribution in [0.15, 0.2) is 72.8 Å². The molecule has 3 aromatic carbocycles. The molecule has 0 saturated carbocycles. The van der Waals surface area contributed by atoms with Crippen LogP contribution in [0.2, 0.25) is 0 Å². The molecule has 1 heterocycles. The van der Waals surface area contributed by atoms with Crippen LogP contribution in [0, 0.1) is 23.0 Å². The first-order valence-electron chi connectivity index (χ1n) is 11.2. The minimum Gasteiger partial charge on any atom is -0.494 e. The van der Waals surface area contributed by atoms with Crippen molar-refractivity contribution in [1.82, 2.24) is 4.98 Å². The molecule has 4 rings (SSSR count). The van der Waals surface area contributed by atoms with Gasteiger partial charge in [0.2, 0.25) is 0 Å². The van der Waals surface area contributed by atoms with Gasteiger partial charge in [-0.2, -0.15) is 5.26 Å². The number of aromatic nitrogens is 1. The Morgan fingerprint density at radius 1 is 0.789 bits per heavy atom. The van der Waals surface area contributed by atoms with E-state index in [0.717, 1.165) is 12.1 Å².